The molecule has 0 radical (unpaired) electrons. The van der Waals surface area contributed by atoms with E-state index in [9.17, 15) is 0 Å². The van der Waals surface area contributed by atoms with Gasteiger partial charge in [-0.05, 0) is 17.9 Å². The summed E-state index contributed by atoms with van der Waals surface area (Å²) in [6.07, 6.45) is 0. The van der Waals surface area contributed by atoms with E-state index in [0.29, 0.717) is 13.1 Å². The summed E-state index contributed by atoms with van der Waals surface area (Å²) in [6.45, 7) is 2.96. The Kier molecular flexibility index (Phi) is 3.95. The first-order valence-electron chi connectivity index (χ1n) is 4.41. The summed E-state index contributed by atoms with van der Waals surface area (Å²) in [5.41, 5.74) is 7.74. The molecule has 0 aliphatic rings. The van der Waals surface area contributed by atoms with Crippen molar-refractivity contribution < 1.29 is 5.02 Å². The Morgan fingerprint density at radius 3 is 2.31 bits per heavy atom. The summed E-state index contributed by atoms with van der Waals surface area (Å²) in [6, 6.07) is 8.02. The Balaban J connectivity index is 2.49. The average molecular weight is 178 g/mol. The molecule has 0 saturated carbocycles. The molecule has 4 heteroatoms. The van der Waals surface area contributed by atoms with Gasteiger partial charge in [-0.25, -0.2) is 0 Å². The highest BCUT2D eigenvalue weighted by Crippen LogP contribution is 2.03. The lowest BCUT2D eigenvalue weighted by atomic mass is 9.88. The van der Waals surface area contributed by atoms with Gasteiger partial charge in [-0.3, -0.25) is 0 Å². The van der Waals surface area contributed by atoms with Crippen molar-refractivity contribution in [3.8, 4) is 0 Å². The maximum Gasteiger partial charge on any atom is 0.373 e. The van der Waals surface area contributed by atoms with Gasteiger partial charge < -0.3 is 16.0 Å². The zero-order valence-electron chi connectivity index (χ0n) is 7.83. The van der Waals surface area contributed by atoms with Gasteiger partial charge in [0, 0.05) is 13.1 Å². The zero-order valence-corrected chi connectivity index (χ0v) is 7.83. The second kappa shape index (κ2) is 5.02. The molecule has 3 nitrogen and oxygen atoms in total. The SMILES string of the molecule is CB(O)NCc1ccc(CN)cc1. The number of rotatable bonds is 4. The molecule has 0 unspecified atom stereocenters. The number of nitrogens with one attached hydrogen (secondary N) is 1. The third kappa shape index (κ3) is 3.59. The van der Waals surface area contributed by atoms with E-state index in [1.165, 1.54) is 0 Å². The molecule has 0 bridgehead atoms. The monoisotopic (exact) mass is 178 g/mol. The lowest BCUT2D eigenvalue weighted by Crippen LogP contribution is -2.29. The number of hydrogen-bond acceptors (Lipinski definition) is 3. The van der Waals surface area contributed by atoms with Crippen molar-refractivity contribution in [1.82, 2.24) is 5.23 Å². The van der Waals surface area contributed by atoms with Crippen LogP contribution >= 0.6 is 0 Å². The van der Waals surface area contributed by atoms with E-state index >= 15 is 0 Å². The molecule has 0 saturated heterocycles. The highest BCUT2D eigenvalue weighted by molar-refractivity contribution is 6.45. The van der Waals surface area contributed by atoms with Crippen LogP contribution in [-0.2, 0) is 13.1 Å². The Morgan fingerprint density at radius 1 is 1.31 bits per heavy atom. The van der Waals surface area contributed by atoms with Gasteiger partial charge in [0.25, 0.3) is 0 Å². The molecular formula is C9H15BN2O. The van der Waals surface area contributed by atoms with Gasteiger partial charge in [0.1, 0.15) is 0 Å². The Morgan fingerprint density at radius 2 is 1.85 bits per heavy atom. The van der Waals surface area contributed by atoms with Crippen LogP contribution in [0.15, 0.2) is 24.3 Å². The van der Waals surface area contributed by atoms with Crippen LogP contribution in [0.4, 0.5) is 0 Å². The molecule has 0 spiro atoms. The zero-order chi connectivity index (χ0) is 9.68. The molecule has 1 aromatic rings. The van der Waals surface area contributed by atoms with Crippen LogP contribution in [0, 0.1) is 0 Å². The molecule has 0 amide bonds. The minimum absolute atomic E-state index is 0.464. The topological polar surface area (TPSA) is 58.3 Å². The molecule has 0 atom stereocenters. The number of hydrogen-bond donors (Lipinski definition) is 3. The highest BCUT2D eigenvalue weighted by atomic mass is 16.2. The van der Waals surface area contributed by atoms with E-state index < -0.39 is 7.05 Å². The van der Waals surface area contributed by atoms with Crippen LogP contribution in [0.3, 0.4) is 0 Å². The van der Waals surface area contributed by atoms with Crippen molar-refractivity contribution in [2.24, 2.45) is 5.73 Å². The summed E-state index contributed by atoms with van der Waals surface area (Å²) in [5, 5.41) is 11.9. The summed E-state index contributed by atoms with van der Waals surface area (Å²) >= 11 is 0. The molecule has 0 aliphatic carbocycles. The van der Waals surface area contributed by atoms with Crippen molar-refractivity contribution >= 4 is 7.05 Å². The first-order valence-corrected chi connectivity index (χ1v) is 4.41. The first kappa shape index (κ1) is 10.2. The third-order valence-electron chi connectivity index (χ3n) is 1.86. The first-order chi connectivity index (χ1) is 6.22. The number of benzene rings is 1. The van der Waals surface area contributed by atoms with Gasteiger partial charge in [0.2, 0.25) is 0 Å². The normalized spacial score (nSPS) is 10.1. The lowest BCUT2D eigenvalue weighted by molar-refractivity contribution is 0.554. The van der Waals surface area contributed by atoms with Gasteiger partial charge in [0.15, 0.2) is 0 Å². The Labute approximate surface area is 79.1 Å². The van der Waals surface area contributed by atoms with Gasteiger partial charge in [-0.15, -0.1) is 0 Å². The van der Waals surface area contributed by atoms with Crippen LogP contribution in [-0.4, -0.2) is 12.1 Å². The predicted molar refractivity (Wildman–Crippen MR) is 55.0 cm³/mol. The molecule has 13 heavy (non-hydrogen) atoms. The van der Waals surface area contributed by atoms with Crippen LogP contribution in [0.5, 0.6) is 0 Å². The van der Waals surface area contributed by atoms with Crippen LogP contribution < -0.4 is 11.0 Å². The minimum atomic E-state index is -0.464. The molecule has 4 N–H and O–H groups in total. The van der Waals surface area contributed by atoms with Gasteiger partial charge in [-0.1, -0.05) is 24.3 Å². The van der Waals surface area contributed by atoms with E-state index in [4.69, 9.17) is 10.8 Å². The number of nitrogens with two attached hydrogens (primary N) is 1. The summed E-state index contributed by atoms with van der Waals surface area (Å²) < 4.78 is 0. The van der Waals surface area contributed by atoms with Crippen molar-refractivity contribution in [3.63, 3.8) is 0 Å². The van der Waals surface area contributed by atoms with Crippen LogP contribution in [0.25, 0.3) is 0 Å². The van der Waals surface area contributed by atoms with E-state index in [1.807, 2.05) is 24.3 Å². The molecule has 0 aliphatic heterocycles. The average Bonchev–Trinajstić information content (AvgIpc) is 2.15. The summed E-state index contributed by atoms with van der Waals surface area (Å²) in [4.78, 5) is 0. The molecule has 1 rings (SSSR count). The van der Waals surface area contributed by atoms with Crippen molar-refractivity contribution in [1.29, 1.82) is 0 Å². The summed E-state index contributed by atoms with van der Waals surface area (Å²) in [5.74, 6) is 0. The Hall–Kier alpha value is -0.835. The molecule has 1 aromatic carbocycles. The second-order valence-electron chi connectivity index (χ2n) is 3.08. The quantitative estimate of drug-likeness (QED) is 0.583. The summed E-state index contributed by atoms with van der Waals surface area (Å²) in [7, 11) is -0.464. The van der Waals surface area contributed by atoms with Crippen LogP contribution in [0.2, 0.25) is 6.82 Å². The smallest absolute Gasteiger partial charge is 0.373 e. The van der Waals surface area contributed by atoms with E-state index in [2.05, 4.69) is 5.23 Å². The standard InChI is InChI=1S/C9H15BN2O/c1-10(13)12-7-9-4-2-8(6-11)3-5-9/h2-5,12-13H,6-7,11H2,1H3. The fourth-order valence-corrected chi connectivity index (χ4v) is 1.06. The second-order valence-corrected chi connectivity index (χ2v) is 3.08. The van der Waals surface area contributed by atoms with Gasteiger partial charge >= 0.3 is 7.05 Å². The maximum atomic E-state index is 8.98. The predicted octanol–water partition coefficient (Wildman–Crippen LogP) is 0.345. The molecule has 0 fully saturated rings. The Bertz CT molecular complexity index is 248. The maximum absolute atomic E-state index is 8.98. The van der Waals surface area contributed by atoms with Crippen molar-refractivity contribution in [3.05, 3.63) is 35.4 Å². The molecule has 70 valence electrons. The molecular weight excluding hydrogens is 163 g/mol. The molecule has 0 aromatic heterocycles. The minimum Gasteiger partial charge on any atom is -0.437 e. The molecule has 0 heterocycles. The van der Waals surface area contributed by atoms with Crippen LogP contribution in [0.1, 0.15) is 11.1 Å². The van der Waals surface area contributed by atoms with E-state index in [-0.39, 0.29) is 0 Å². The largest absolute Gasteiger partial charge is 0.437 e. The lowest BCUT2D eigenvalue weighted by Gasteiger charge is -2.04. The van der Waals surface area contributed by atoms with Crippen molar-refractivity contribution in [2.75, 3.05) is 0 Å². The third-order valence-corrected chi connectivity index (χ3v) is 1.86. The fraction of sp³-hybridized carbons (Fsp3) is 0.333. The van der Waals surface area contributed by atoms with Gasteiger partial charge in [0.05, 0.1) is 0 Å². The van der Waals surface area contributed by atoms with E-state index in [1.54, 1.807) is 6.82 Å². The van der Waals surface area contributed by atoms with Gasteiger partial charge in [-0.2, -0.15) is 0 Å². The van der Waals surface area contributed by atoms with E-state index in [0.717, 1.165) is 11.1 Å². The highest BCUT2D eigenvalue weighted by Gasteiger charge is 2.00. The fourth-order valence-electron chi connectivity index (χ4n) is 1.06. The van der Waals surface area contributed by atoms with Crippen molar-refractivity contribution in [2.45, 2.75) is 19.9 Å².